The van der Waals surface area contributed by atoms with E-state index in [1.807, 2.05) is 31.2 Å². The molecule has 1 amide bonds. The minimum Gasteiger partial charge on any atom is -0.324 e. The summed E-state index contributed by atoms with van der Waals surface area (Å²) < 4.78 is 23.2. The van der Waals surface area contributed by atoms with Gasteiger partial charge < -0.3 is 5.32 Å². The average molecular weight is 371 g/mol. The Morgan fingerprint density at radius 2 is 1.92 bits per heavy atom. The number of nitrogens with one attached hydrogen (secondary N) is 1. The molecule has 3 rings (SSSR count). The molecule has 0 saturated heterocycles. The van der Waals surface area contributed by atoms with Gasteiger partial charge in [-0.1, -0.05) is 30.3 Å². The van der Waals surface area contributed by atoms with Gasteiger partial charge in [0.25, 0.3) is 0 Å². The highest BCUT2D eigenvalue weighted by Crippen LogP contribution is 2.18. The first kappa shape index (κ1) is 17.7. The van der Waals surface area contributed by atoms with Crippen molar-refractivity contribution in [2.75, 3.05) is 11.6 Å². The molecule has 0 radical (unpaired) electrons. The van der Waals surface area contributed by atoms with E-state index in [0.29, 0.717) is 11.5 Å². The Kier molecular flexibility index (Phi) is 4.81. The zero-order valence-corrected chi connectivity index (χ0v) is 15.1. The molecule has 8 nitrogen and oxygen atoms in total. The molecule has 0 aliphatic heterocycles. The Hall–Kier alpha value is -3.07. The van der Waals surface area contributed by atoms with E-state index >= 15 is 0 Å². The van der Waals surface area contributed by atoms with E-state index in [0.717, 1.165) is 17.4 Å². The predicted molar refractivity (Wildman–Crippen MR) is 96.2 cm³/mol. The lowest BCUT2D eigenvalue weighted by molar-refractivity contribution is -0.117. The van der Waals surface area contributed by atoms with Gasteiger partial charge >= 0.3 is 0 Å². The van der Waals surface area contributed by atoms with Crippen LogP contribution in [0.1, 0.15) is 5.56 Å². The van der Waals surface area contributed by atoms with Crippen molar-refractivity contribution in [3.63, 3.8) is 0 Å². The maximum absolute atomic E-state index is 12.2. The summed E-state index contributed by atoms with van der Waals surface area (Å²) in [6.07, 6.45) is 1.11. The molecule has 1 N–H and O–H groups in total. The van der Waals surface area contributed by atoms with Gasteiger partial charge in [-0.25, -0.2) is 8.42 Å². The van der Waals surface area contributed by atoms with Crippen molar-refractivity contribution in [3.8, 4) is 11.4 Å². The van der Waals surface area contributed by atoms with E-state index < -0.39 is 9.84 Å². The van der Waals surface area contributed by atoms with Gasteiger partial charge in [-0.3, -0.25) is 4.79 Å². The second kappa shape index (κ2) is 7.04. The van der Waals surface area contributed by atoms with Gasteiger partial charge in [-0.15, -0.1) is 10.2 Å². The van der Waals surface area contributed by atoms with Gasteiger partial charge in [0.2, 0.25) is 11.7 Å². The van der Waals surface area contributed by atoms with Crippen LogP contribution in [0.5, 0.6) is 0 Å². The SMILES string of the molecule is Cc1ccccc1-c1nnn(CC(=O)Nc2cccc(S(C)(=O)=O)c2)n1. The van der Waals surface area contributed by atoms with Crippen molar-refractivity contribution >= 4 is 21.4 Å². The van der Waals surface area contributed by atoms with Crippen molar-refractivity contribution in [2.24, 2.45) is 0 Å². The van der Waals surface area contributed by atoms with E-state index in [9.17, 15) is 13.2 Å². The van der Waals surface area contributed by atoms with Gasteiger partial charge in [-0.05, 0) is 35.9 Å². The summed E-state index contributed by atoms with van der Waals surface area (Å²) in [6.45, 7) is 1.81. The van der Waals surface area contributed by atoms with Crippen LogP contribution >= 0.6 is 0 Å². The Balaban J connectivity index is 1.71. The quantitative estimate of drug-likeness (QED) is 0.731. The van der Waals surface area contributed by atoms with E-state index in [-0.39, 0.29) is 17.3 Å². The van der Waals surface area contributed by atoms with Crippen LogP contribution in [0.15, 0.2) is 53.4 Å². The van der Waals surface area contributed by atoms with Crippen molar-refractivity contribution < 1.29 is 13.2 Å². The lowest BCUT2D eigenvalue weighted by Crippen LogP contribution is -2.20. The third-order valence-corrected chi connectivity index (χ3v) is 4.78. The number of sulfone groups is 1. The second-order valence-electron chi connectivity index (χ2n) is 5.81. The fourth-order valence-corrected chi connectivity index (χ4v) is 3.04. The van der Waals surface area contributed by atoms with E-state index in [2.05, 4.69) is 20.7 Å². The summed E-state index contributed by atoms with van der Waals surface area (Å²) in [6, 6.07) is 13.7. The zero-order valence-electron chi connectivity index (χ0n) is 14.2. The van der Waals surface area contributed by atoms with E-state index in [1.54, 1.807) is 12.1 Å². The first-order valence-corrected chi connectivity index (χ1v) is 9.66. The topological polar surface area (TPSA) is 107 Å². The number of aromatic nitrogens is 4. The maximum atomic E-state index is 12.2. The number of aryl methyl sites for hydroxylation is 1. The third kappa shape index (κ3) is 4.12. The molecule has 1 heterocycles. The van der Waals surface area contributed by atoms with Gasteiger partial charge in [0, 0.05) is 17.5 Å². The Labute approximate surface area is 150 Å². The van der Waals surface area contributed by atoms with Crippen molar-refractivity contribution in [1.82, 2.24) is 20.2 Å². The molecule has 134 valence electrons. The van der Waals surface area contributed by atoms with Gasteiger partial charge in [0.1, 0.15) is 6.54 Å². The normalized spacial score (nSPS) is 11.3. The zero-order chi connectivity index (χ0) is 18.7. The lowest BCUT2D eigenvalue weighted by atomic mass is 10.1. The van der Waals surface area contributed by atoms with Crippen LogP contribution < -0.4 is 5.32 Å². The molecule has 0 saturated carbocycles. The van der Waals surface area contributed by atoms with Crippen molar-refractivity contribution in [2.45, 2.75) is 18.4 Å². The highest BCUT2D eigenvalue weighted by Gasteiger charge is 2.12. The van der Waals surface area contributed by atoms with Gasteiger partial charge in [-0.2, -0.15) is 4.80 Å². The lowest BCUT2D eigenvalue weighted by Gasteiger charge is -2.06. The molecule has 0 bridgehead atoms. The molecular weight excluding hydrogens is 354 g/mol. The van der Waals surface area contributed by atoms with Crippen LogP contribution in [0.3, 0.4) is 0 Å². The molecule has 0 aliphatic rings. The highest BCUT2D eigenvalue weighted by atomic mass is 32.2. The first-order chi connectivity index (χ1) is 12.3. The van der Waals surface area contributed by atoms with Crippen LogP contribution in [0.25, 0.3) is 11.4 Å². The summed E-state index contributed by atoms with van der Waals surface area (Å²) >= 11 is 0. The molecule has 1 aromatic heterocycles. The number of hydrogen-bond acceptors (Lipinski definition) is 6. The molecule has 0 aliphatic carbocycles. The predicted octanol–water partition coefficient (Wildman–Crippen LogP) is 1.69. The monoisotopic (exact) mass is 371 g/mol. The van der Waals surface area contributed by atoms with Crippen molar-refractivity contribution in [3.05, 3.63) is 54.1 Å². The van der Waals surface area contributed by atoms with Crippen LogP contribution in [-0.4, -0.2) is 40.8 Å². The average Bonchev–Trinajstić information content (AvgIpc) is 3.02. The fourth-order valence-electron chi connectivity index (χ4n) is 2.38. The molecule has 2 aromatic carbocycles. The Morgan fingerprint density at radius 1 is 1.15 bits per heavy atom. The third-order valence-electron chi connectivity index (χ3n) is 3.67. The minimum absolute atomic E-state index is 0.135. The largest absolute Gasteiger partial charge is 0.324 e. The van der Waals surface area contributed by atoms with Crippen LogP contribution in [0.2, 0.25) is 0 Å². The molecule has 0 fully saturated rings. The first-order valence-electron chi connectivity index (χ1n) is 7.77. The second-order valence-corrected chi connectivity index (χ2v) is 7.82. The van der Waals surface area contributed by atoms with E-state index in [4.69, 9.17) is 0 Å². The minimum atomic E-state index is -3.34. The summed E-state index contributed by atoms with van der Waals surface area (Å²) in [4.78, 5) is 13.5. The molecule has 9 heteroatoms. The molecular formula is C17H17N5O3S. The number of anilines is 1. The molecule has 0 atom stereocenters. The number of tetrazole rings is 1. The van der Waals surface area contributed by atoms with Gasteiger partial charge in [0.05, 0.1) is 4.90 Å². The number of rotatable bonds is 5. The number of carbonyl (C=O) groups excluding carboxylic acids is 1. The molecule has 0 spiro atoms. The number of hydrogen-bond donors (Lipinski definition) is 1. The Morgan fingerprint density at radius 3 is 2.65 bits per heavy atom. The number of nitrogens with zero attached hydrogens (tertiary/aromatic N) is 4. The smallest absolute Gasteiger partial charge is 0.248 e. The summed E-state index contributed by atoms with van der Waals surface area (Å²) in [5, 5.41) is 14.7. The van der Waals surface area contributed by atoms with Crippen molar-refractivity contribution in [1.29, 1.82) is 0 Å². The summed E-state index contributed by atoms with van der Waals surface area (Å²) in [5.41, 5.74) is 2.24. The van der Waals surface area contributed by atoms with Crippen LogP contribution in [0, 0.1) is 6.92 Å². The maximum Gasteiger partial charge on any atom is 0.248 e. The molecule has 26 heavy (non-hydrogen) atoms. The number of amides is 1. The standard InChI is InChI=1S/C17H17N5O3S/c1-12-6-3-4-9-15(12)17-19-21-22(20-17)11-16(23)18-13-7-5-8-14(10-13)26(2,24)25/h3-10H,11H2,1-2H3,(H,18,23). The number of benzene rings is 2. The van der Waals surface area contributed by atoms with Crippen LogP contribution in [-0.2, 0) is 21.2 Å². The van der Waals surface area contributed by atoms with Crippen LogP contribution in [0.4, 0.5) is 5.69 Å². The van der Waals surface area contributed by atoms with E-state index in [1.165, 1.54) is 16.9 Å². The summed E-state index contributed by atoms with van der Waals surface area (Å²) in [7, 11) is -3.34. The van der Waals surface area contributed by atoms with Gasteiger partial charge in [0.15, 0.2) is 9.84 Å². The fraction of sp³-hybridized carbons (Fsp3) is 0.176. The summed E-state index contributed by atoms with van der Waals surface area (Å²) in [5.74, 6) is 0.0550. The number of carbonyl (C=O) groups is 1. The molecule has 0 unspecified atom stereocenters. The Bertz CT molecular complexity index is 1060. The molecule has 3 aromatic rings. The highest BCUT2D eigenvalue weighted by molar-refractivity contribution is 7.90.